The molecule has 0 radical (unpaired) electrons. The predicted molar refractivity (Wildman–Crippen MR) is 217 cm³/mol. The van der Waals surface area contributed by atoms with Crippen LogP contribution in [0.3, 0.4) is 0 Å². The monoisotopic (exact) mass is 788 g/mol. The normalized spacial score (nSPS) is 14.3. The second kappa shape index (κ2) is 23.0. The van der Waals surface area contributed by atoms with Crippen molar-refractivity contribution in [2.75, 3.05) is 14.2 Å². The van der Waals surface area contributed by atoms with E-state index < -0.39 is 66.3 Å². The van der Waals surface area contributed by atoms with Crippen LogP contribution in [0.25, 0.3) is 0 Å². The van der Waals surface area contributed by atoms with Crippen LogP contribution in [0, 0.1) is 17.8 Å². The number of carbonyl (C=O) groups is 5. The van der Waals surface area contributed by atoms with Crippen molar-refractivity contribution in [3.63, 3.8) is 0 Å². The number of amides is 4. The predicted octanol–water partition coefficient (Wildman–Crippen LogP) is 4.28. The summed E-state index contributed by atoms with van der Waals surface area (Å²) in [6.07, 6.45) is -1.12. The zero-order valence-electron chi connectivity index (χ0n) is 34.4. The number of benzene rings is 3. The molecule has 0 aliphatic rings. The largest absolute Gasteiger partial charge is 0.493 e. The number of hydrogen-bond donors (Lipinski definition) is 5. The first-order chi connectivity index (χ1) is 27.2. The Hall–Kier alpha value is -5.43. The summed E-state index contributed by atoms with van der Waals surface area (Å²) in [6.45, 7) is 10.9. The molecule has 4 amide bonds. The van der Waals surface area contributed by atoms with Gasteiger partial charge in [-0.2, -0.15) is 0 Å². The minimum atomic E-state index is -1.37. The quantitative estimate of drug-likeness (QED) is 0.0929. The molecule has 0 aromatic heterocycles. The van der Waals surface area contributed by atoms with Gasteiger partial charge in [0.1, 0.15) is 24.7 Å². The number of aliphatic hydroxyl groups is 1. The lowest BCUT2D eigenvalue weighted by molar-refractivity contribution is -0.150. The molecule has 6 atom stereocenters. The molecule has 0 saturated carbocycles. The lowest BCUT2D eigenvalue weighted by Gasteiger charge is -2.30. The van der Waals surface area contributed by atoms with E-state index >= 15 is 0 Å². The van der Waals surface area contributed by atoms with Gasteiger partial charge in [0.15, 0.2) is 11.5 Å². The molecule has 310 valence electrons. The molecule has 0 aliphatic carbocycles. The number of aliphatic hydroxyl groups excluding tert-OH is 1. The number of rotatable bonds is 22. The van der Waals surface area contributed by atoms with Gasteiger partial charge in [-0.25, -0.2) is 4.79 Å². The van der Waals surface area contributed by atoms with Gasteiger partial charge in [-0.15, -0.1) is 0 Å². The highest BCUT2D eigenvalue weighted by atomic mass is 16.5. The lowest BCUT2D eigenvalue weighted by atomic mass is 9.95. The van der Waals surface area contributed by atoms with E-state index in [0.29, 0.717) is 23.5 Å². The summed E-state index contributed by atoms with van der Waals surface area (Å²) in [7, 11) is 3.02. The summed E-state index contributed by atoms with van der Waals surface area (Å²) in [5.74, 6) is -2.65. The summed E-state index contributed by atoms with van der Waals surface area (Å²) in [5, 5.41) is 22.8. The van der Waals surface area contributed by atoms with Crippen LogP contribution in [-0.4, -0.2) is 79.2 Å². The SMILES string of the molecule is CC[C@H](C)[C@H](NC(=O)C[C@H](O)[C@H](Cc1ccccc1)NC(=O)C(NC(=O)Cc1ccc(OC)c(OC)c1)C(C)C)C(=O)NC(C(=O)OCc1ccccc1)C(C)C. The molecule has 0 bridgehead atoms. The van der Waals surface area contributed by atoms with Crippen molar-refractivity contribution < 1.29 is 43.3 Å². The number of esters is 1. The van der Waals surface area contributed by atoms with E-state index in [1.807, 2.05) is 74.5 Å². The van der Waals surface area contributed by atoms with Crippen LogP contribution >= 0.6 is 0 Å². The summed E-state index contributed by atoms with van der Waals surface area (Å²) in [6, 6.07) is 19.6. The fourth-order valence-corrected chi connectivity index (χ4v) is 6.18. The standard InChI is InChI=1S/C44H60N4O9/c1-9-29(6)41(43(53)48-40(28(4)5)44(54)57-26-31-18-14-11-15-19-31)47-38(51)25-34(49)33(22-30-16-12-10-13-17-30)45-42(52)39(27(2)3)46-37(50)24-32-20-21-35(55-7)36(23-32)56-8/h10-21,23,27-29,33-34,39-41,49H,9,22,24-26H2,1-8H3,(H,45,52)(H,46,50)(H,47,51)(H,48,53)/t29-,33-,34-,39?,40?,41-/m0/s1. The minimum Gasteiger partial charge on any atom is -0.493 e. The Balaban J connectivity index is 1.72. The maximum Gasteiger partial charge on any atom is 0.329 e. The Bertz CT molecular complexity index is 1750. The molecule has 0 spiro atoms. The van der Waals surface area contributed by atoms with Crippen molar-refractivity contribution >= 4 is 29.6 Å². The average molecular weight is 789 g/mol. The van der Waals surface area contributed by atoms with Crippen molar-refractivity contribution in [2.45, 2.75) is 104 Å². The van der Waals surface area contributed by atoms with E-state index in [1.54, 1.807) is 45.9 Å². The molecule has 0 fully saturated rings. The number of hydrogen-bond acceptors (Lipinski definition) is 9. The summed E-state index contributed by atoms with van der Waals surface area (Å²) in [5.41, 5.74) is 2.26. The molecule has 0 heterocycles. The highest BCUT2D eigenvalue weighted by Crippen LogP contribution is 2.27. The molecule has 57 heavy (non-hydrogen) atoms. The molecule has 0 aliphatic heterocycles. The number of ether oxygens (including phenoxy) is 3. The third kappa shape index (κ3) is 14.5. The van der Waals surface area contributed by atoms with Crippen molar-refractivity contribution in [1.29, 1.82) is 0 Å². The Labute approximate surface area is 336 Å². The van der Waals surface area contributed by atoms with E-state index in [1.165, 1.54) is 14.2 Å². The van der Waals surface area contributed by atoms with Crippen molar-refractivity contribution in [3.05, 3.63) is 95.6 Å². The molecule has 5 N–H and O–H groups in total. The maximum atomic E-state index is 13.8. The average Bonchev–Trinajstić information content (AvgIpc) is 3.19. The van der Waals surface area contributed by atoms with Gasteiger partial charge in [-0.1, -0.05) is 115 Å². The van der Waals surface area contributed by atoms with Crippen LogP contribution in [0.1, 0.15) is 71.1 Å². The number of nitrogens with one attached hydrogen (secondary N) is 4. The van der Waals surface area contributed by atoms with Crippen molar-refractivity contribution in [3.8, 4) is 11.5 Å². The third-order valence-electron chi connectivity index (χ3n) is 9.82. The summed E-state index contributed by atoms with van der Waals surface area (Å²) in [4.78, 5) is 67.3. The zero-order chi connectivity index (χ0) is 42.1. The second-order valence-electron chi connectivity index (χ2n) is 15.0. The molecular formula is C44H60N4O9. The molecule has 13 nitrogen and oxygen atoms in total. The number of methoxy groups -OCH3 is 2. The van der Waals surface area contributed by atoms with Gasteiger partial charge in [0, 0.05) is 0 Å². The molecule has 3 aromatic rings. The van der Waals surface area contributed by atoms with Gasteiger partial charge < -0.3 is 40.6 Å². The van der Waals surface area contributed by atoms with Crippen LogP contribution < -0.4 is 30.7 Å². The maximum absolute atomic E-state index is 13.8. The first-order valence-corrected chi connectivity index (χ1v) is 19.5. The smallest absolute Gasteiger partial charge is 0.329 e. The van der Waals surface area contributed by atoms with E-state index in [9.17, 15) is 29.1 Å². The van der Waals surface area contributed by atoms with Crippen LogP contribution in [0.15, 0.2) is 78.9 Å². The van der Waals surface area contributed by atoms with Gasteiger partial charge in [-0.05, 0) is 53.0 Å². The van der Waals surface area contributed by atoms with Gasteiger partial charge in [0.05, 0.1) is 39.2 Å². The topological polar surface area (TPSA) is 181 Å². The Morgan fingerprint density at radius 3 is 1.75 bits per heavy atom. The van der Waals surface area contributed by atoms with Crippen LogP contribution in [0.2, 0.25) is 0 Å². The Morgan fingerprint density at radius 2 is 1.19 bits per heavy atom. The van der Waals surface area contributed by atoms with Crippen LogP contribution in [0.5, 0.6) is 11.5 Å². The third-order valence-corrected chi connectivity index (χ3v) is 9.82. The fourth-order valence-electron chi connectivity index (χ4n) is 6.18. The van der Waals surface area contributed by atoms with Gasteiger partial charge >= 0.3 is 5.97 Å². The van der Waals surface area contributed by atoms with Gasteiger partial charge in [-0.3, -0.25) is 19.2 Å². The minimum absolute atomic E-state index is 0.0230. The van der Waals surface area contributed by atoms with Crippen molar-refractivity contribution in [1.82, 2.24) is 21.3 Å². The molecule has 13 heteroatoms. The Kier molecular flexibility index (Phi) is 18.5. The lowest BCUT2D eigenvalue weighted by Crippen LogP contribution is -2.57. The molecule has 0 saturated heterocycles. The van der Waals surface area contributed by atoms with Gasteiger partial charge in [0.2, 0.25) is 23.6 Å². The van der Waals surface area contributed by atoms with Crippen LogP contribution in [0.4, 0.5) is 0 Å². The Morgan fingerprint density at radius 1 is 0.632 bits per heavy atom. The first-order valence-electron chi connectivity index (χ1n) is 19.5. The summed E-state index contributed by atoms with van der Waals surface area (Å²) >= 11 is 0. The van der Waals surface area contributed by atoms with Gasteiger partial charge in [0.25, 0.3) is 0 Å². The van der Waals surface area contributed by atoms with E-state index in [0.717, 1.165) is 11.1 Å². The fraction of sp³-hybridized carbons (Fsp3) is 0.477. The zero-order valence-corrected chi connectivity index (χ0v) is 34.4. The van der Waals surface area contributed by atoms with E-state index in [4.69, 9.17) is 14.2 Å². The number of carbonyl (C=O) groups excluding carboxylic acids is 5. The molecular weight excluding hydrogens is 729 g/mol. The molecule has 3 rings (SSSR count). The first kappa shape index (κ1) is 46.0. The molecule has 2 unspecified atom stereocenters. The van der Waals surface area contributed by atoms with E-state index in [-0.39, 0.29) is 37.2 Å². The second-order valence-corrected chi connectivity index (χ2v) is 15.0. The highest BCUT2D eigenvalue weighted by molar-refractivity contribution is 5.91. The highest BCUT2D eigenvalue weighted by Gasteiger charge is 2.34. The van der Waals surface area contributed by atoms with Crippen molar-refractivity contribution in [2.24, 2.45) is 17.8 Å². The van der Waals surface area contributed by atoms with Crippen LogP contribution in [-0.2, 0) is 48.2 Å². The summed E-state index contributed by atoms with van der Waals surface area (Å²) < 4.78 is 16.1. The molecule has 3 aromatic carbocycles. The van der Waals surface area contributed by atoms with E-state index in [2.05, 4.69) is 21.3 Å².